The summed E-state index contributed by atoms with van der Waals surface area (Å²) in [7, 11) is 0. The van der Waals surface area contributed by atoms with Crippen LogP contribution in [0, 0.1) is 21.4 Å². The SMILES string of the molecule is CCOC(=O)CCc1cc(Oc2nc(Oc3cc(C#N)ccc3OCc3ccccc3)nc(NC(CCC(=O)O)C(=O)O)c2[N+](=O)[O-])cc(C2NC=CCN2)c1. The summed E-state index contributed by atoms with van der Waals surface area (Å²) in [5.41, 5.74) is 1.35. The van der Waals surface area contributed by atoms with E-state index in [4.69, 9.17) is 18.9 Å². The van der Waals surface area contributed by atoms with Crippen molar-refractivity contribution in [3.63, 3.8) is 0 Å². The van der Waals surface area contributed by atoms with Gasteiger partial charge in [0.2, 0.25) is 5.82 Å². The molecular formula is C38H37N7O11. The number of carbonyl (C=O) groups is 3. The second-order valence-corrected chi connectivity index (χ2v) is 12.1. The monoisotopic (exact) mass is 767 g/mol. The van der Waals surface area contributed by atoms with Gasteiger partial charge in [-0.05, 0) is 66.9 Å². The molecule has 1 aromatic heterocycles. The van der Waals surface area contributed by atoms with Crippen LogP contribution in [-0.2, 0) is 32.1 Å². The molecule has 18 nitrogen and oxygen atoms in total. The number of aromatic nitrogens is 2. The lowest BCUT2D eigenvalue weighted by Crippen LogP contribution is -2.34. The Balaban J connectivity index is 1.60. The van der Waals surface area contributed by atoms with Crippen LogP contribution >= 0.6 is 0 Å². The number of aryl methyl sites for hydroxylation is 1. The van der Waals surface area contributed by atoms with Crippen LogP contribution in [0.25, 0.3) is 0 Å². The van der Waals surface area contributed by atoms with Crippen molar-refractivity contribution in [1.29, 1.82) is 5.26 Å². The highest BCUT2D eigenvalue weighted by atomic mass is 16.6. The molecule has 0 saturated carbocycles. The molecule has 0 aliphatic carbocycles. The van der Waals surface area contributed by atoms with Crippen molar-refractivity contribution in [2.75, 3.05) is 18.5 Å². The second kappa shape index (κ2) is 19.2. The molecule has 290 valence electrons. The number of hydrogen-bond donors (Lipinski definition) is 5. The van der Waals surface area contributed by atoms with Gasteiger partial charge in [-0.2, -0.15) is 15.2 Å². The highest BCUT2D eigenvalue weighted by molar-refractivity contribution is 5.80. The molecule has 0 saturated heterocycles. The molecule has 2 unspecified atom stereocenters. The fourth-order valence-corrected chi connectivity index (χ4v) is 5.43. The number of rotatable bonds is 19. The van der Waals surface area contributed by atoms with Gasteiger partial charge in [0.15, 0.2) is 11.5 Å². The fraction of sp³-hybridized carbons (Fsp3) is 0.263. The Bertz CT molecular complexity index is 2140. The van der Waals surface area contributed by atoms with E-state index in [1.165, 1.54) is 18.2 Å². The number of benzene rings is 3. The number of esters is 1. The van der Waals surface area contributed by atoms with Crippen LogP contribution in [0.1, 0.15) is 54.6 Å². The molecule has 1 aliphatic rings. The molecule has 0 fully saturated rings. The molecule has 0 bridgehead atoms. The van der Waals surface area contributed by atoms with E-state index >= 15 is 0 Å². The molecule has 0 radical (unpaired) electrons. The topological polar surface area (TPSA) is 257 Å². The Morgan fingerprint density at radius 1 is 1.04 bits per heavy atom. The van der Waals surface area contributed by atoms with E-state index < -0.39 is 71.3 Å². The number of carboxylic acid groups (broad SMARTS) is 2. The number of hydrogen-bond acceptors (Lipinski definition) is 15. The van der Waals surface area contributed by atoms with E-state index in [1.807, 2.05) is 48.5 Å². The smallest absolute Gasteiger partial charge is 0.373 e. The number of nitro groups is 1. The summed E-state index contributed by atoms with van der Waals surface area (Å²) in [6.07, 6.45) is 2.42. The van der Waals surface area contributed by atoms with Gasteiger partial charge in [-0.1, -0.05) is 42.5 Å². The summed E-state index contributed by atoms with van der Waals surface area (Å²) in [6, 6.07) is 18.2. The minimum absolute atomic E-state index is 0.0330. The van der Waals surface area contributed by atoms with Crippen molar-refractivity contribution in [3.05, 3.63) is 111 Å². The average molecular weight is 768 g/mol. The number of nitriles is 1. The first kappa shape index (κ1) is 39.9. The third kappa shape index (κ3) is 11.1. The number of carboxylic acids is 2. The zero-order chi connectivity index (χ0) is 40.0. The quantitative estimate of drug-likeness (QED) is 0.0457. The number of nitrogens with zero attached hydrogens (tertiary/aromatic N) is 4. The minimum atomic E-state index is -1.65. The first-order valence-corrected chi connectivity index (χ1v) is 17.3. The number of anilines is 1. The van der Waals surface area contributed by atoms with Crippen LogP contribution in [0.5, 0.6) is 29.1 Å². The third-order valence-corrected chi connectivity index (χ3v) is 8.06. The number of nitrogens with one attached hydrogen (secondary N) is 3. The van der Waals surface area contributed by atoms with Crippen LogP contribution in [0.15, 0.2) is 79.0 Å². The van der Waals surface area contributed by atoms with Crippen LogP contribution in [0.4, 0.5) is 11.5 Å². The van der Waals surface area contributed by atoms with Gasteiger partial charge >= 0.3 is 35.5 Å². The molecule has 5 rings (SSSR count). The molecule has 2 heterocycles. The predicted molar refractivity (Wildman–Crippen MR) is 197 cm³/mol. The molecule has 5 N–H and O–H groups in total. The maximum absolute atomic E-state index is 12.7. The standard InChI is InChI=1S/C38H37N7O11/c1-2-53-32(48)14-10-24-17-26(34-40-15-6-16-41-34)20-27(18-24)55-36-33(45(51)52)35(42-28(37(49)50)11-13-31(46)47)43-38(44-36)56-30-19-25(21-39)9-12-29(30)54-22-23-7-4-3-5-8-23/h3-9,12,15,17-20,28,34,40-41H,2,10-11,13-14,16,22H2,1H3,(H,46,47)(H,49,50)(H,42,43,44). The van der Waals surface area contributed by atoms with Crippen molar-refractivity contribution in [1.82, 2.24) is 20.6 Å². The van der Waals surface area contributed by atoms with Gasteiger partial charge in [0.1, 0.15) is 24.6 Å². The van der Waals surface area contributed by atoms with E-state index in [1.54, 1.807) is 25.3 Å². The summed E-state index contributed by atoms with van der Waals surface area (Å²) < 4.78 is 23.2. The van der Waals surface area contributed by atoms with E-state index in [-0.39, 0.29) is 48.9 Å². The zero-order valence-electron chi connectivity index (χ0n) is 30.0. The predicted octanol–water partition coefficient (Wildman–Crippen LogP) is 5.35. The Hall–Kier alpha value is -7.26. The average Bonchev–Trinajstić information content (AvgIpc) is 3.18. The second-order valence-electron chi connectivity index (χ2n) is 12.1. The lowest BCUT2D eigenvalue weighted by atomic mass is 10.0. The van der Waals surface area contributed by atoms with Crippen LogP contribution < -0.4 is 30.2 Å². The highest BCUT2D eigenvalue weighted by Gasteiger charge is 2.32. The number of carbonyl (C=O) groups excluding carboxylic acids is 1. The van der Waals surface area contributed by atoms with Crippen molar-refractivity contribution in [2.24, 2.45) is 0 Å². The maximum Gasteiger partial charge on any atom is 0.373 e. The molecule has 0 amide bonds. The fourth-order valence-electron chi connectivity index (χ4n) is 5.43. The van der Waals surface area contributed by atoms with Gasteiger partial charge in [0.05, 0.1) is 23.2 Å². The summed E-state index contributed by atoms with van der Waals surface area (Å²) in [5.74, 6) is -4.42. The van der Waals surface area contributed by atoms with Gasteiger partial charge in [-0.3, -0.25) is 25.0 Å². The van der Waals surface area contributed by atoms with E-state index in [0.717, 1.165) is 5.56 Å². The first-order valence-electron chi connectivity index (χ1n) is 17.3. The van der Waals surface area contributed by atoms with Gasteiger partial charge in [-0.15, -0.1) is 0 Å². The lowest BCUT2D eigenvalue weighted by molar-refractivity contribution is -0.385. The van der Waals surface area contributed by atoms with Gasteiger partial charge in [-0.25, -0.2) is 4.79 Å². The molecule has 56 heavy (non-hydrogen) atoms. The molecule has 4 aromatic rings. The van der Waals surface area contributed by atoms with Crippen molar-refractivity contribution in [2.45, 2.75) is 51.4 Å². The Morgan fingerprint density at radius 3 is 2.52 bits per heavy atom. The Kier molecular flexibility index (Phi) is 13.7. The van der Waals surface area contributed by atoms with Gasteiger partial charge < -0.3 is 39.8 Å². The molecule has 2 atom stereocenters. The summed E-state index contributed by atoms with van der Waals surface area (Å²) in [6.45, 7) is 2.53. The highest BCUT2D eigenvalue weighted by Crippen LogP contribution is 2.40. The molecule has 3 aromatic carbocycles. The number of ether oxygens (including phenoxy) is 4. The lowest BCUT2D eigenvalue weighted by Gasteiger charge is -2.23. The molecule has 0 spiro atoms. The Morgan fingerprint density at radius 2 is 1.84 bits per heavy atom. The first-order chi connectivity index (χ1) is 27.0. The normalized spacial score (nSPS) is 13.7. The zero-order valence-corrected chi connectivity index (χ0v) is 30.0. The summed E-state index contributed by atoms with van der Waals surface area (Å²) in [5, 5.41) is 50.3. The Labute approximate surface area is 319 Å². The van der Waals surface area contributed by atoms with Gasteiger partial charge in [0.25, 0.3) is 0 Å². The van der Waals surface area contributed by atoms with Crippen molar-refractivity contribution >= 4 is 29.4 Å². The van der Waals surface area contributed by atoms with E-state index in [0.29, 0.717) is 17.7 Å². The van der Waals surface area contributed by atoms with Crippen LogP contribution in [0.3, 0.4) is 0 Å². The maximum atomic E-state index is 12.7. The molecule has 18 heteroatoms. The van der Waals surface area contributed by atoms with Crippen LogP contribution in [0.2, 0.25) is 0 Å². The third-order valence-electron chi connectivity index (χ3n) is 8.06. The molecule has 1 aliphatic heterocycles. The largest absolute Gasteiger partial charge is 0.485 e. The van der Waals surface area contributed by atoms with Crippen molar-refractivity contribution < 1.29 is 48.5 Å². The molecular weight excluding hydrogens is 730 g/mol. The van der Waals surface area contributed by atoms with Crippen molar-refractivity contribution in [3.8, 4) is 35.2 Å². The minimum Gasteiger partial charge on any atom is -0.485 e. The van der Waals surface area contributed by atoms with E-state index in [2.05, 4.69) is 25.9 Å². The summed E-state index contributed by atoms with van der Waals surface area (Å²) in [4.78, 5) is 55.9. The van der Waals surface area contributed by atoms with Gasteiger partial charge in [0, 0.05) is 25.5 Å². The van der Waals surface area contributed by atoms with E-state index in [9.17, 15) is 40.0 Å². The summed E-state index contributed by atoms with van der Waals surface area (Å²) >= 11 is 0. The number of aliphatic carboxylic acids is 2. The van der Waals surface area contributed by atoms with Crippen LogP contribution in [-0.4, -0.2) is 62.2 Å².